The van der Waals surface area contributed by atoms with Gasteiger partial charge in [-0.2, -0.15) is 0 Å². The second-order valence-electron chi connectivity index (χ2n) is 5.05. The van der Waals surface area contributed by atoms with E-state index in [4.69, 9.17) is 0 Å². The Balaban J connectivity index is 1.80. The van der Waals surface area contributed by atoms with Gasteiger partial charge in [-0.15, -0.1) is 11.3 Å². The highest BCUT2D eigenvalue weighted by atomic mass is 32.1. The molecule has 2 heterocycles. The number of thiophene rings is 1. The van der Waals surface area contributed by atoms with Crippen LogP contribution in [0.15, 0.2) is 17.5 Å². The van der Waals surface area contributed by atoms with Gasteiger partial charge >= 0.3 is 0 Å². The van der Waals surface area contributed by atoms with Crippen molar-refractivity contribution in [1.82, 2.24) is 9.80 Å². The highest BCUT2D eigenvalue weighted by Crippen LogP contribution is 2.13. The van der Waals surface area contributed by atoms with Crippen LogP contribution < -0.4 is 0 Å². The van der Waals surface area contributed by atoms with Crippen molar-refractivity contribution in [2.75, 3.05) is 26.2 Å². The van der Waals surface area contributed by atoms with Crippen LogP contribution in [0.5, 0.6) is 0 Å². The van der Waals surface area contributed by atoms with Gasteiger partial charge in [0.1, 0.15) is 0 Å². The van der Waals surface area contributed by atoms with E-state index in [9.17, 15) is 9.59 Å². The summed E-state index contributed by atoms with van der Waals surface area (Å²) in [5.41, 5.74) is 0. The predicted octanol–water partition coefficient (Wildman–Crippen LogP) is 2.15. The van der Waals surface area contributed by atoms with E-state index in [0.717, 1.165) is 25.9 Å². The Morgan fingerprint density at radius 1 is 1.15 bits per heavy atom. The molecule has 4 nitrogen and oxygen atoms in total. The molecule has 2 amide bonds. The zero-order valence-corrected chi connectivity index (χ0v) is 12.8. The molecule has 2 rings (SSSR count). The van der Waals surface area contributed by atoms with Crippen LogP contribution in [0.3, 0.4) is 0 Å². The Bertz CT molecular complexity index is 445. The molecule has 1 fully saturated rings. The Kier molecular flexibility index (Phi) is 5.59. The molecule has 0 atom stereocenters. The lowest BCUT2D eigenvalue weighted by molar-refractivity contribution is -0.133. The van der Waals surface area contributed by atoms with Crippen LogP contribution >= 0.6 is 11.3 Å². The number of amides is 2. The van der Waals surface area contributed by atoms with Crippen molar-refractivity contribution in [2.24, 2.45) is 0 Å². The zero-order valence-electron chi connectivity index (χ0n) is 12.0. The minimum absolute atomic E-state index is 0.192. The molecule has 1 saturated heterocycles. The van der Waals surface area contributed by atoms with Crippen molar-refractivity contribution >= 4 is 23.2 Å². The van der Waals surface area contributed by atoms with Gasteiger partial charge in [-0.1, -0.05) is 13.0 Å². The zero-order chi connectivity index (χ0) is 14.4. The first-order valence-electron chi connectivity index (χ1n) is 7.28. The summed E-state index contributed by atoms with van der Waals surface area (Å²) < 4.78 is 0. The molecule has 1 aliphatic heterocycles. The lowest BCUT2D eigenvalue weighted by Crippen LogP contribution is -2.37. The summed E-state index contributed by atoms with van der Waals surface area (Å²) in [6, 6.07) is 4.09. The lowest BCUT2D eigenvalue weighted by Gasteiger charge is -2.21. The standard InChI is InChI=1S/C15H22N2O2S/c1-2-14(18)16-8-4-9-17(11-10-16)15(19)7-6-13-5-3-12-20-13/h3,5,12H,2,4,6-11H2,1H3. The molecule has 1 aromatic heterocycles. The maximum Gasteiger partial charge on any atom is 0.222 e. The normalized spacial score (nSPS) is 16.1. The molecule has 0 spiro atoms. The first-order chi connectivity index (χ1) is 9.70. The van der Waals surface area contributed by atoms with Gasteiger partial charge in [-0.25, -0.2) is 0 Å². The molecular formula is C15H22N2O2S. The molecule has 0 radical (unpaired) electrons. The summed E-state index contributed by atoms with van der Waals surface area (Å²) in [7, 11) is 0. The summed E-state index contributed by atoms with van der Waals surface area (Å²) >= 11 is 1.70. The molecule has 110 valence electrons. The van der Waals surface area contributed by atoms with Gasteiger partial charge in [-0.05, 0) is 24.3 Å². The van der Waals surface area contributed by atoms with Gasteiger partial charge in [0.25, 0.3) is 0 Å². The smallest absolute Gasteiger partial charge is 0.222 e. The Hall–Kier alpha value is -1.36. The van der Waals surface area contributed by atoms with Crippen molar-refractivity contribution in [3.63, 3.8) is 0 Å². The van der Waals surface area contributed by atoms with Crippen LogP contribution in [0, 0.1) is 0 Å². The molecule has 1 aromatic rings. The van der Waals surface area contributed by atoms with Gasteiger partial charge in [0.2, 0.25) is 11.8 Å². The third-order valence-corrected chi connectivity index (χ3v) is 4.61. The molecule has 1 aliphatic rings. The van der Waals surface area contributed by atoms with Crippen molar-refractivity contribution in [3.05, 3.63) is 22.4 Å². The van der Waals surface area contributed by atoms with E-state index in [1.54, 1.807) is 11.3 Å². The van der Waals surface area contributed by atoms with Crippen LogP contribution in [0.2, 0.25) is 0 Å². The van der Waals surface area contributed by atoms with Crippen LogP contribution in [-0.2, 0) is 16.0 Å². The van der Waals surface area contributed by atoms with Crippen molar-refractivity contribution in [2.45, 2.75) is 32.6 Å². The number of hydrogen-bond donors (Lipinski definition) is 0. The molecule has 5 heteroatoms. The van der Waals surface area contributed by atoms with E-state index in [1.165, 1.54) is 4.88 Å². The van der Waals surface area contributed by atoms with Crippen molar-refractivity contribution in [1.29, 1.82) is 0 Å². The van der Waals surface area contributed by atoms with Crippen LogP contribution in [0.4, 0.5) is 0 Å². The highest BCUT2D eigenvalue weighted by Gasteiger charge is 2.20. The van der Waals surface area contributed by atoms with E-state index in [2.05, 4.69) is 6.07 Å². The fourth-order valence-electron chi connectivity index (χ4n) is 2.48. The minimum atomic E-state index is 0.192. The van der Waals surface area contributed by atoms with Crippen LogP contribution in [0.25, 0.3) is 0 Å². The van der Waals surface area contributed by atoms with Crippen molar-refractivity contribution < 1.29 is 9.59 Å². The van der Waals surface area contributed by atoms with Gasteiger partial charge in [-0.3, -0.25) is 9.59 Å². The third kappa shape index (κ3) is 4.07. The van der Waals surface area contributed by atoms with Gasteiger partial charge in [0.15, 0.2) is 0 Å². The maximum absolute atomic E-state index is 12.2. The number of carbonyl (C=O) groups is 2. The number of carbonyl (C=O) groups excluding carboxylic acids is 2. The van der Waals surface area contributed by atoms with Crippen molar-refractivity contribution in [3.8, 4) is 0 Å². The fraction of sp³-hybridized carbons (Fsp3) is 0.600. The van der Waals surface area contributed by atoms with Crippen LogP contribution in [-0.4, -0.2) is 47.8 Å². The van der Waals surface area contributed by atoms with Gasteiger partial charge in [0, 0.05) is 43.9 Å². The number of hydrogen-bond acceptors (Lipinski definition) is 3. The van der Waals surface area contributed by atoms with E-state index >= 15 is 0 Å². The number of nitrogens with zero attached hydrogens (tertiary/aromatic N) is 2. The molecule has 0 bridgehead atoms. The first-order valence-corrected chi connectivity index (χ1v) is 8.16. The molecular weight excluding hydrogens is 272 g/mol. The lowest BCUT2D eigenvalue weighted by atomic mass is 10.2. The average molecular weight is 294 g/mol. The minimum Gasteiger partial charge on any atom is -0.341 e. The second kappa shape index (κ2) is 7.43. The second-order valence-corrected chi connectivity index (χ2v) is 6.08. The van der Waals surface area contributed by atoms with E-state index in [0.29, 0.717) is 25.9 Å². The van der Waals surface area contributed by atoms with E-state index in [-0.39, 0.29) is 11.8 Å². The summed E-state index contributed by atoms with van der Waals surface area (Å²) in [5, 5.41) is 2.04. The first kappa shape index (κ1) is 15.0. The molecule has 0 aliphatic carbocycles. The molecule has 20 heavy (non-hydrogen) atoms. The van der Waals surface area contributed by atoms with E-state index in [1.807, 2.05) is 28.2 Å². The molecule has 0 aromatic carbocycles. The fourth-order valence-corrected chi connectivity index (χ4v) is 3.19. The van der Waals surface area contributed by atoms with Gasteiger partial charge < -0.3 is 9.80 Å². The maximum atomic E-state index is 12.2. The monoisotopic (exact) mass is 294 g/mol. The molecule has 0 saturated carbocycles. The molecule has 0 unspecified atom stereocenters. The Labute approximate surface area is 124 Å². The van der Waals surface area contributed by atoms with Gasteiger partial charge in [0.05, 0.1) is 0 Å². The largest absolute Gasteiger partial charge is 0.341 e. The number of aryl methyl sites for hydroxylation is 1. The Morgan fingerprint density at radius 3 is 2.45 bits per heavy atom. The van der Waals surface area contributed by atoms with E-state index < -0.39 is 0 Å². The van der Waals surface area contributed by atoms with Crippen LogP contribution in [0.1, 0.15) is 31.1 Å². The quantitative estimate of drug-likeness (QED) is 0.854. The summed E-state index contributed by atoms with van der Waals surface area (Å²) in [6.45, 7) is 4.79. The highest BCUT2D eigenvalue weighted by molar-refractivity contribution is 7.09. The predicted molar refractivity (Wildman–Crippen MR) is 80.7 cm³/mol. The Morgan fingerprint density at radius 2 is 1.85 bits per heavy atom. The summed E-state index contributed by atoms with van der Waals surface area (Å²) in [4.78, 5) is 29.0. The summed E-state index contributed by atoms with van der Waals surface area (Å²) in [5.74, 6) is 0.405. The SMILES string of the molecule is CCC(=O)N1CCCN(C(=O)CCc2cccs2)CC1. The molecule has 0 N–H and O–H groups in total. The average Bonchev–Trinajstić information content (AvgIpc) is 2.86. The third-order valence-electron chi connectivity index (χ3n) is 3.67. The number of rotatable bonds is 4. The summed E-state index contributed by atoms with van der Waals surface area (Å²) in [6.07, 6.45) is 2.83. The topological polar surface area (TPSA) is 40.6 Å².